The smallest absolute Gasteiger partial charge is 0.409 e. The first-order valence-corrected chi connectivity index (χ1v) is 12.0. The third kappa shape index (κ3) is 4.19. The zero-order valence-electron chi connectivity index (χ0n) is 18.4. The molecule has 7 nitrogen and oxygen atoms in total. The van der Waals surface area contributed by atoms with Crippen molar-refractivity contribution in [2.75, 3.05) is 19.7 Å². The Kier molecular flexibility index (Phi) is 5.78. The van der Waals surface area contributed by atoms with E-state index in [9.17, 15) is 9.59 Å². The lowest BCUT2D eigenvalue weighted by molar-refractivity contribution is -0.0233. The molecule has 172 valence electrons. The van der Waals surface area contributed by atoms with E-state index in [0.29, 0.717) is 44.5 Å². The summed E-state index contributed by atoms with van der Waals surface area (Å²) in [6.45, 7) is 3.29. The van der Waals surface area contributed by atoms with Crippen LogP contribution in [0.2, 0.25) is 0 Å². The van der Waals surface area contributed by atoms with Crippen molar-refractivity contribution < 1.29 is 19.1 Å². The van der Waals surface area contributed by atoms with Gasteiger partial charge in [0.05, 0.1) is 23.7 Å². The van der Waals surface area contributed by atoms with E-state index in [-0.39, 0.29) is 18.0 Å². The number of rotatable bonds is 3. The SMILES string of the molecule is CCOC(=O)N1CCC2(CC1)CC(NC(=O)c1cccc3cc[nH]c13)c1ccc(Br)cc1O2. The number of likely N-dealkylation sites (tertiary alicyclic amines) is 1. The molecule has 33 heavy (non-hydrogen) atoms. The monoisotopic (exact) mass is 511 g/mol. The standard InChI is InChI=1S/C25H26BrN3O4/c1-2-32-24(31)29-12-9-25(10-13-29)15-20(18-7-6-17(26)14-21(18)33-25)28-23(30)19-5-3-4-16-8-11-27-22(16)19/h3-8,11,14,20,27H,2,9-10,12-13,15H2,1H3,(H,28,30). The molecule has 5 rings (SSSR count). The van der Waals surface area contributed by atoms with E-state index in [1.54, 1.807) is 4.90 Å². The first kappa shape index (κ1) is 21.8. The Morgan fingerprint density at radius 2 is 2.06 bits per heavy atom. The zero-order valence-corrected chi connectivity index (χ0v) is 20.0. The maximum Gasteiger partial charge on any atom is 0.409 e. The van der Waals surface area contributed by atoms with Gasteiger partial charge in [-0.05, 0) is 31.2 Å². The number of piperidine rings is 1. The van der Waals surface area contributed by atoms with Crippen LogP contribution in [0.4, 0.5) is 4.79 Å². The summed E-state index contributed by atoms with van der Waals surface area (Å²) in [6.07, 6.45) is 3.56. The molecule has 1 spiro atoms. The molecule has 3 heterocycles. The highest BCUT2D eigenvalue weighted by atomic mass is 79.9. The summed E-state index contributed by atoms with van der Waals surface area (Å²) >= 11 is 3.54. The van der Waals surface area contributed by atoms with Crippen molar-refractivity contribution in [1.82, 2.24) is 15.2 Å². The number of hydrogen-bond acceptors (Lipinski definition) is 4. The molecule has 2 amide bonds. The molecule has 1 unspecified atom stereocenters. The predicted octanol–water partition coefficient (Wildman–Crippen LogP) is 5.18. The normalized spacial score (nSPS) is 19.1. The molecule has 0 bridgehead atoms. The zero-order chi connectivity index (χ0) is 23.0. The number of amides is 2. The maximum absolute atomic E-state index is 13.3. The van der Waals surface area contributed by atoms with Gasteiger partial charge < -0.3 is 24.7 Å². The third-order valence-electron chi connectivity index (χ3n) is 6.59. The molecular formula is C25H26BrN3O4. The Hall–Kier alpha value is -3.00. The average molecular weight is 512 g/mol. The van der Waals surface area contributed by atoms with Crippen LogP contribution in [0.3, 0.4) is 0 Å². The number of carbonyl (C=O) groups is 2. The number of aromatic amines is 1. The van der Waals surface area contributed by atoms with Crippen LogP contribution < -0.4 is 10.1 Å². The molecule has 2 aliphatic rings. The number of benzene rings is 2. The fourth-order valence-electron chi connectivity index (χ4n) is 4.90. The third-order valence-corrected chi connectivity index (χ3v) is 7.08. The number of H-pyrrole nitrogens is 1. The first-order chi connectivity index (χ1) is 16.0. The van der Waals surface area contributed by atoms with Crippen molar-refractivity contribution in [2.45, 2.75) is 37.8 Å². The summed E-state index contributed by atoms with van der Waals surface area (Å²) in [5.41, 5.74) is 1.96. The lowest BCUT2D eigenvalue weighted by Crippen LogP contribution is -2.53. The lowest BCUT2D eigenvalue weighted by Gasteiger charge is -2.46. The van der Waals surface area contributed by atoms with Gasteiger partial charge in [-0.15, -0.1) is 0 Å². The van der Waals surface area contributed by atoms with Crippen molar-refractivity contribution in [1.29, 1.82) is 0 Å². The fourth-order valence-corrected chi connectivity index (χ4v) is 5.24. The second kappa shape index (κ2) is 8.74. The van der Waals surface area contributed by atoms with E-state index in [4.69, 9.17) is 9.47 Å². The number of carbonyl (C=O) groups excluding carboxylic acids is 2. The predicted molar refractivity (Wildman–Crippen MR) is 128 cm³/mol. The molecule has 1 saturated heterocycles. The number of halogens is 1. The van der Waals surface area contributed by atoms with E-state index in [0.717, 1.165) is 26.7 Å². The van der Waals surface area contributed by atoms with Gasteiger partial charge in [-0.25, -0.2) is 4.79 Å². The molecule has 1 atom stereocenters. The topological polar surface area (TPSA) is 83.7 Å². The van der Waals surface area contributed by atoms with Gasteiger partial charge in [0.15, 0.2) is 0 Å². The van der Waals surface area contributed by atoms with Crippen molar-refractivity contribution in [3.8, 4) is 5.75 Å². The molecule has 0 aliphatic carbocycles. The van der Waals surface area contributed by atoms with E-state index < -0.39 is 5.60 Å². The second-order valence-corrected chi connectivity index (χ2v) is 9.55. The lowest BCUT2D eigenvalue weighted by atomic mass is 9.80. The quantitative estimate of drug-likeness (QED) is 0.507. The van der Waals surface area contributed by atoms with Gasteiger partial charge in [-0.3, -0.25) is 4.79 Å². The molecule has 0 saturated carbocycles. The number of nitrogens with zero attached hydrogens (tertiary/aromatic N) is 1. The van der Waals surface area contributed by atoms with E-state index in [2.05, 4.69) is 26.2 Å². The molecule has 8 heteroatoms. The first-order valence-electron chi connectivity index (χ1n) is 11.3. The van der Waals surface area contributed by atoms with Crippen LogP contribution in [0, 0.1) is 0 Å². The van der Waals surface area contributed by atoms with Crippen LogP contribution in [-0.4, -0.2) is 47.2 Å². The minimum Gasteiger partial charge on any atom is -0.487 e. The Bertz CT molecular complexity index is 1200. The summed E-state index contributed by atoms with van der Waals surface area (Å²) in [5.74, 6) is 0.645. The molecule has 2 N–H and O–H groups in total. The highest BCUT2D eigenvalue weighted by Crippen LogP contribution is 2.45. The summed E-state index contributed by atoms with van der Waals surface area (Å²) in [4.78, 5) is 30.4. The van der Waals surface area contributed by atoms with Gasteiger partial charge in [0.25, 0.3) is 5.91 Å². The van der Waals surface area contributed by atoms with Crippen molar-refractivity contribution in [3.05, 3.63) is 64.3 Å². The average Bonchev–Trinajstić information content (AvgIpc) is 3.28. The van der Waals surface area contributed by atoms with Gasteiger partial charge in [-0.2, -0.15) is 0 Å². The number of ether oxygens (including phenoxy) is 2. The van der Waals surface area contributed by atoms with E-state index >= 15 is 0 Å². The Morgan fingerprint density at radius 1 is 1.24 bits per heavy atom. The largest absolute Gasteiger partial charge is 0.487 e. The van der Waals surface area contributed by atoms with Crippen molar-refractivity contribution >= 4 is 38.8 Å². The number of hydrogen-bond donors (Lipinski definition) is 2. The second-order valence-electron chi connectivity index (χ2n) is 8.63. The van der Waals surface area contributed by atoms with Gasteiger partial charge in [0, 0.05) is 54.0 Å². The molecular weight excluding hydrogens is 486 g/mol. The maximum atomic E-state index is 13.3. The molecule has 2 aliphatic heterocycles. The van der Waals surface area contributed by atoms with Crippen LogP contribution >= 0.6 is 15.9 Å². The minimum atomic E-state index is -0.451. The van der Waals surface area contributed by atoms with Gasteiger partial charge >= 0.3 is 6.09 Å². The van der Waals surface area contributed by atoms with Crippen LogP contribution in [-0.2, 0) is 4.74 Å². The summed E-state index contributed by atoms with van der Waals surface area (Å²) in [7, 11) is 0. The van der Waals surface area contributed by atoms with Crippen molar-refractivity contribution in [2.24, 2.45) is 0 Å². The van der Waals surface area contributed by atoms with E-state index in [1.165, 1.54) is 0 Å². The fraction of sp³-hybridized carbons (Fsp3) is 0.360. The van der Waals surface area contributed by atoms with E-state index in [1.807, 2.05) is 55.6 Å². The Labute approximate surface area is 200 Å². The number of nitrogens with one attached hydrogen (secondary N) is 2. The van der Waals surface area contributed by atoms with Gasteiger partial charge in [0.2, 0.25) is 0 Å². The highest BCUT2D eigenvalue weighted by Gasteiger charge is 2.44. The summed E-state index contributed by atoms with van der Waals surface area (Å²) < 4.78 is 12.6. The minimum absolute atomic E-state index is 0.122. The van der Waals surface area contributed by atoms with Crippen LogP contribution in [0.15, 0.2) is 53.1 Å². The molecule has 0 radical (unpaired) electrons. The van der Waals surface area contributed by atoms with Crippen LogP contribution in [0.1, 0.15) is 48.1 Å². The number of aromatic nitrogens is 1. The molecule has 2 aromatic carbocycles. The van der Waals surface area contributed by atoms with Gasteiger partial charge in [-0.1, -0.05) is 34.1 Å². The summed E-state index contributed by atoms with van der Waals surface area (Å²) in [5, 5.41) is 4.26. The van der Waals surface area contributed by atoms with Crippen molar-refractivity contribution in [3.63, 3.8) is 0 Å². The molecule has 1 aromatic heterocycles. The number of fused-ring (bicyclic) bond motifs is 2. The molecule has 1 fully saturated rings. The number of para-hydroxylation sites is 1. The highest BCUT2D eigenvalue weighted by molar-refractivity contribution is 9.10. The molecule has 3 aromatic rings. The Morgan fingerprint density at radius 3 is 2.85 bits per heavy atom. The Balaban J connectivity index is 1.41. The summed E-state index contributed by atoms with van der Waals surface area (Å²) in [6, 6.07) is 13.4. The van der Waals surface area contributed by atoms with Gasteiger partial charge in [0.1, 0.15) is 11.4 Å². The van der Waals surface area contributed by atoms with Crippen LogP contribution in [0.25, 0.3) is 10.9 Å². The van der Waals surface area contributed by atoms with Crippen LogP contribution in [0.5, 0.6) is 5.75 Å².